The molecular weight excluding hydrogens is 361 g/mol. The highest BCUT2D eigenvalue weighted by Gasteiger charge is 2.48. The quantitative estimate of drug-likeness (QED) is 0.720. The Morgan fingerprint density at radius 2 is 1.92 bits per heavy atom. The number of Topliss-reactive ketones (excluding diaryl/α,β-unsaturated/α-hetero) is 2. The number of carbonyl (C=O) groups excluding carboxylic acids is 2. The Labute approximate surface area is 154 Å². The highest BCUT2D eigenvalue weighted by Crippen LogP contribution is 2.45. The Kier molecular flexibility index (Phi) is 4.24. The van der Waals surface area contributed by atoms with Crippen LogP contribution in [0.5, 0.6) is 0 Å². The SMILES string of the molecule is CCc1sc(-c2ccc(Cl)cc2F)nc1C1C(=O)C2CCC(C2)C1=O. The molecule has 2 aromatic rings. The van der Waals surface area contributed by atoms with Gasteiger partial charge in [-0.05, 0) is 43.9 Å². The van der Waals surface area contributed by atoms with E-state index < -0.39 is 11.7 Å². The van der Waals surface area contributed by atoms with Gasteiger partial charge in [0, 0.05) is 27.3 Å². The first-order chi connectivity index (χ1) is 12.0. The monoisotopic (exact) mass is 377 g/mol. The van der Waals surface area contributed by atoms with Crippen molar-refractivity contribution in [1.29, 1.82) is 0 Å². The Morgan fingerprint density at radius 3 is 2.52 bits per heavy atom. The number of rotatable bonds is 3. The van der Waals surface area contributed by atoms with Crippen LogP contribution >= 0.6 is 22.9 Å². The van der Waals surface area contributed by atoms with Crippen molar-refractivity contribution >= 4 is 34.5 Å². The van der Waals surface area contributed by atoms with Crippen LogP contribution in [0, 0.1) is 17.7 Å². The van der Waals surface area contributed by atoms with Gasteiger partial charge in [0.2, 0.25) is 0 Å². The predicted octanol–water partition coefficient (Wildman–Crippen LogP) is 4.82. The summed E-state index contributed by atoms with van der Waals surface area (Å²) in [6.07, 6.45) is 2.96. The smallest absolute Gasteiger partial charge is 0.152 e. The third-order valence-electron chi connectivity index (χ3n) is 5.29. The molecule has 0 saturated heterocycles. The molecule has 3 nitrogen and oxygen atoms in total. The highest BCUT2D eigenvalue weighted by atomic mass is 35.5. The Balaban J connectivity index is 1.79. The number of carbonyl (C=O) groups is 2. The number of hydrogen-bond acceptors (Lipinski definition) is 4. The molecule has 1 heterocycles. The fourth-order valence-corrected chi connectivity index (χ4v) is 5.22. The van der Waals surface area contributed by atoms with Crippen molar-refractivity contribution in [2.45, 2.75) is 38.5 Å². The van der Waals surface area contributed by atoms with Crippen LogP contribution in [0.4, 0.5) is 4.39 Å². The molecule has 2 aliphatic carbocycles. The van der Waals surface area contributed by atoms with Gasteiger partial charge in [0.25, 0.3) is 0 Å². The molecule has 6 heteroatoms. The van der Waals surface area contributed by atoms with Gasteiger partial charge in [0.1, 0.15) is 16.7 Å². The number of aryl methyl sites for hydroxylation is 1. The van der Waals surface area contributed by atoms with Crippen molar-refractivity contribution in [1.82, 2.24) is 4.98 Å². The minimum Gasteiger partial charge on any atom is -0.298 e. The summed E-state index contributed by atoms with van der Waals surface area (Å²) in [5.41, 5.74) is 0.900. The summed E-state index contributed by atoms with van der Waals surface area (Å²) in [6.45, 7) is 1.96. The van der Waals surface area contributed by atoms with Crippen LogP contribution in [0.1, 0.15) is 42.7 Å². The normalized spacial score (nSPS) is 25.6. The summed E-state index contributed by atoms with van der Waals surface area (Å²) in [6, 6.07) is 4.46. The molecule has 1 aromatic heterocycles. The second-order valence-electron chi connectivity index (χ2n) is 6.75. The van der Waals surface area contributed by atoms with E-state index in [4.69, 9.17) is 11.6 Å². The molecule has 0 N–H and O–H groups in total. The van der Waals surface area contributed by atoms with E-state index in [-0.39, 0.29) is 23.4 Å². The zero-order valence-electron chi connectivity index (χ0n) is 13.7. The van der Waals surface area contributed by atoms with Gasteiger partial charge in [-0.15, -0.1) is 11.3 Å². The fourth-order valence-electron chi connectivity index (χ4n) is 4.00. The second-order valence-corrected chi connectivity index (χ2v) is 8.27. The van der Waals surface area contributed by atoms with Gasteiger partial charge in [-0.2, -0.15) is 0 Å². The number of ketones is 2. The second kappa shape index (κ2) is 6.29. The fraction of sp³-hybridized carbons (Fsp3) is 0.421. The minimum atomic E-state index is -0.762. The number of fused-ring (bicyclic) bond motifs is 2. The zero-order valence-corrected chi connectivity index (χ0v) is 15.3. The van der Waals surface area contributed by atoms with Crippen LogP contribution in [-0.4, -0.2) is 16.6 Å². The predicted molar refractivity (Wildman–Crippen MR) is 95.5 cm³/mol. The topological polar surface area (TPSA) is 47.0 Å². The average Bonchev–Trinajstić information content (AvgIpc) is 3.19. The summed E-state index contributed by atoms with van der Waals surface area (Å²) in [4.78, 5) is 31.0. The zero-order chi connectivity index (χ0) is 17.7. The van der Waals surface area contributed by atoms with Crippen molar-refractivity contribution in [3.05, 3.63) is 39.6 Å². The largest absolute Gasteiger partial charge is 0.298 e. The van der Waals surface area contributed by atoms with E-state index in [9.17, 15) is 14.0 Å². The summed E-state index contributed by atoms with van der Waals surface area (Å²) in [5.74, 6) is -1.24. The summed E-state index contributed by atoms with van der Waals surface area (Å²) < 4.78 is 14.3. The molecule has 0 spiro atoms. The number of thiazole rings is 1. The average molecular weight is 378 g/mol. The van der Waals surface area contributed by atoms with Crippen LogP contribution in [0.3, 0.4) is 0 Å². The third kappa shape index (κ3) is 2.74. The van der Waals surface area contributed by atoms with Crippen LogP contribution < -0.4 is 0 Å². The molecule has 4 rings (SSSR count). The van der Waals surface area contributed by atoms with E-state index in [0.717, 1.165) is 17.7 Å². The van der Waals surface area contributed by atoms with E-state index in [2.05, 4.69) is 4.98 Å². The molecule has 2 aliphatic rings. The minimum absolute atomic E-state index is 0.00174. The maximum absolute atomic E-state index is 14.3. The Morgan fingerprint density at radius 1 is 1.24 bits per heavy atom. The molecule has 25 heavy (non-hydrogen) atoms. The van der Waals surface area contributed by atoms with Gasteiger partial charge < -0.3 is 0 Å². The van der Waals surface area contributed by atoms with E-state index in [0.29, 0.717) is 34.1 Å². The van der Waals surface area contributed by atoms with Gasteiger partial charge in [-0.1, -0.05) is 18.5 Å². The first-order valence-corrected chi connectivity index (χ1v) is 9.71. The first-order valence-electron chi connectivity index (χ1n) is 8.52. The van der Waals surface area contributed by atoms with Crippen molar-refractivity contribution in [2.24, 2.45) is 11.8 Å². The van der Waals surface area contributed by atoms with Crippen LogP contribution in [-0.2, 0) is 16.0 Å². The van der Waals surface area contributed by atoms with E-state index in [1.807, 2.05) is 6.92 Å². The molecule has 0 amide bonds. The molecule has 0 aliphatic heterocycles. The molecule has 130 valence electrons. The van der Waals surface area contributed by atoms with Crippen molar-refractivity contribution in [3.8, 4) is 10.6 Å². The van der Waals surface area contributed by atoms with Crippen molar-refractivity contribution in [2.75, 3.05) is 0 Å². The number of halogens is 2. The van der Waals surface area contributed by atoms with Crippen LogP contribution in [0.15, 0.2) is 18.2 Å². The van der Waals surface area contributed by atoms with Gasteiger partial charge >= 0.3 is 0 Å². The van der Waals surface area contributed by atoms with E-state index in [1.165, 1.54) is 17.4 Å². The number of benzene rings is 1. The molecule has 0 radical (unpaired) electrons. The van der Waals surface area contributed by atoms with Crippen LogP contribution in [0.2, 0.25) is 5.02 Å². The molecule has 2 unspecified atom stereocenters. The molecule has 2 atom stereocenters. The Bertz CT molecular complexity index is 856. The van der Waals surface area contributed by atoms with Gasteiger partial charge in [0.15, 0.2) is 11.6 Å². The van der Waals surface area contributed by atoms with E-state index >= 15 is 0 Å². The van der Waals surface area contributed by atoms with Gasteiger partial charge in [-0.3, -0.25) is 9.59 Å². The summed E-state index contributed by atoms with van der Waals surface area (Å²) >= 11 is 7.18. The maximum atomic E-state index is 14.3. The molecule has 1 aromatic carbocycles. The first kappa shape index (κ1) is 16.9. The molecule has 2 fully saturated rings. The van der Waals surface area contributed by atoms with Gasteiger partial charge in [0.05, 0.1) is 5.69 Å². The lowest BCUT2D eigenvalue weighted by atomic mass is 9.77. The number of hydrogen-bond donors (Lipinski definition) is 0. The van der Waals surface area contributed by atoms with Crippen molar-refractivity contribution < 1.29 is 14.0 Å². The number of aromatic nitrogens is 1. The summed E-state index contributed by atoms with van der Waals surface area (Å²) in [7, 11) is 0. The molecule has 2 saturated carbocycles. The lowest BCUT2D eigenvalue weighted by Gasteiger charge is -2.24. The lowest BCUT2D eigenvalue weighted by Crippen LogP contribution is -2.35. The van der Waals surface area contributed by atoms with Crippen molar-refractivity contribution in [3.63, 3.8) is 0 Å². The highest BCUT2D eigenvalue weighted by molar-refractivity contribution is 7.15. The lowest BCUT2D eigenvalue weighted by molar-refractivity contribution is -0.136. The standard InChI is InChI=1S/C19H17ClFNO2S/c1-2-14-16(15-17(23)9-3-4-10(7-9)18(15)24)22-19(25-14)12-6-5-11(20)8-13(12)21/h5-6,8-10,15H,2-4,7H2,1H3. The van der Waals surface area contributed by atoms with E-state index in [1.54, 1.807) is 12.1 Å². The molecule has 2 bridgehead atoms. The number of nitrogens with zero attached hydrogens (tertiary/aromatic N) is 1. The van der Waals surface area contributed by atoms with Gasteiger partial charge in [-0.25, -0.2) is 9.37 Å². The van der Waals surface area contributed by atoms with Crippen LogP contribution in [0.25, 0.3) is 10.6 Å². The maximum Gasteiger partial charge on any atom is 0.152 e. The molecular formula is C19H17ClFNO2S. The summed E-state index contributed by atoms with van der Waals surface area (Å²) in [5, 5.41) is 0.822. The Hall–Kier alpha value is -1.59. The third-order valence-corrected chi connectivity index (χ3v) is 6.77.